The number of carbonyl (C=O) groups is 3. The first-order chi connectivity index (χ1) is 11.4. The lowest BCUT2D eigenvalue weighted by Crippen LogP contribution is -2.39. The fourth-order valence-corrected chi connectivity index (χ4v) is 2.20. The summed E-state index contributed by atoms with van der Waals surface area (Å²) < 4.78 is 25.5. The molecule has 0 unspecified atom stereocenters. The number of rotatable bonds is 6. The molecule has 1 fully saturated rings. The van der Waals surface area contributed by atoms with Crippen LogP contribution in [0.5, 0.6) is 0 Å². The van der Waals surface area contributed by atoms with Gasteiger partial charge in [0.1, 0.15) is 12.2 Å². The first kappa shape index (κ1) is 17.9. The fourth-order valence-electron chi connectivity index (χ4n) is 2.20. The fraction of sp³-hybridized carbons (Fsp3) is 0.600. The topological polar surface area (TPSA) is 114 Å². The van der Waals surface area contributed by atoms with E-state index in [-0.39, 0.29) is 13.0 Å². The van der Waals surface area contributed by atoms with E-state index in [0.29, 0.717) is 12.2 Å². The molecule has 0 aromatic carbocycles. The number of ether oxygens (including phenoxy) is 4. The monoisotopic (exact) mass is 341 g/mol. The number of hydrogen-bond acceptors (Lipinski definition) is 9. The Hall–Kier alpha value is -2.42. The number of carbonyl (C=O) groups excluding carboxylic acids is 3. The zero-order valence-electron chi connectivity index (χ0n) is 13.6. The summed E-state index contributed by atoms with van der Waals surface area (Å²) >= 11 is 0. The summed E-state index contributed by atoms with van der Waals surface area (Å²) in [5, 5.41) is 3.78. The lowest BCUT2D eigenvalue weighted by molar-refractivity contribution is -0.192. The van der Waals surface area contributed by atoms with Crippen molar-refractivity contribution >= 4 is 17.9 Å². The van der Waals surface area contributed by atoms with Crippen LogP contribution in [0.15, 0.2) is 10.6 Å². The summed E-state index contributed by atoms with van der Waals surface area (Å²) in [7, 11) is 0. The molecule has 3 atom stereocenters. The molecule has 0 N–H and O–H groups in total. The highest BCUT2D eigenvalue weighted by molar-refractivity contribution is 5.72. The van der Waals surface area contributed by atoms with Crippen LogP contribution in [0.2, 0.25) is 0 Å². The van der Waals surface area contributed by atoms with Crippen LogP contribution in [-0.2, 0) is 46.2 Å². The Kier molecular flexibility index (Phi) is 5.91. The molecule has 132 valence electrons. The van der Waals surface area contributed by atoms with Crippen LogP contribution in [-0.4, -0.2) is 48.2 Å². The Balaban J connectivity index is 1.96. The molecule has 0 amide bonds. The van der Waals surface area contributed by atoms with E-state index < -0.39 is 36.4 Å². The highest BCUT2D eigenvalue weighted by Gasteiger charge is 2.44. The van der Waals surface area contributed by atoms with Gasteiger partial charge in [-0.05, 0) is 6.42 Å². The maximum Gasteiger partial charge on any atom is 0.314 e. The molecule has 1 aromatic heterocycles. The zero-order valence-corrected chi connectivity index (χ0v) is 13.6. The molecule has 0 spiro atoms. The third-order valence-corrected chi connectivity index (χ3v) is 3.21. The van der Waals surface area contributed by atoms with Crippen LogP contribution in [0, 0.1) is 0 Å². The van der Waals surface area contributed by atoms with Crippen LogP contribution in [0.25, 0.3) is 0 Å². The molecule has 1 saturated heterocycles. The Morgan fingerprint density at radius 1 is 1.21 bits per heavy atom. The Morgan fingerprint density at radius 3 is 2.50 bits per heavy atom. The van der Waals surface area contributed by atoms with Crippen molar-refractivity contribution in [3.8, 4) is 0 Å². The van der Waals surface area contributed by atoms with E-state index in [9.17, 15) is 14.4 Å². The summed E-state index contributed by atoms with van der Waals surface area (Å²) in [5.41, 5.74) is 0.731. The highest BCUT2D eigenvalue weighted by Crippen LogP contribution is 2.23. The molecular formula is C15H19NO8. The van der Waals surface area contributed by atoms with Crippen molar-refractivity contribution in [2.45, 2.75) is 52.1 Å². The number of hydrogen-bond donors (Lipinski definition) is 0. The van der Waals surface area contributed by atoms with Crippen LogP contribution in [0.1, 0.15) is 32.2 Å². The smallest absolute Gasteiger partial charge is 0.314 e. The van der Waals surface area contributed by atoms with Gasteiger partial charge in [0.05, 0.1) is 12.3 Å². The van der Waals surface area contributed by atoms with Crippen LogP contribution in [0.4, 0.5) is 0 Å². The van der Waals surface area contributed by atoms with Crippen LogP contribution >= 0.6 is 0 Å². The van der Waals surface area contributed by atoms with E-state index >= 15 is 0 Å². The quantitative estimate of drug-likeness (QED) is 0.540. The number of esters is 3. The van der Waals surface area contributed by atoms with Gasteiger partial charge in [0.15, 0.2) is 6.10 Å². The van der Waals surface area contributed by atoms with E-state index in [2.05, 4.69) is 5.16 Å². The number of nitrogens with zero attached hydrogens (tertiary/aromatic N) is 1. The Morgan fingerprint density at radius 2 is 1.92 bits per heavy atom. The first-order valence-corrected chi connectivity index (χ1v) is 7.49. The summed E-state index contributed by atoms with van der Waals surface area (Å²) in [5.74, 6) is -1.43. The number of aryl methyl sites for hydroxylation is 1. The third kappa shape index (κ3) is 4.79. The minimum atomic E-state index is -1.11. The second-order valence-corrected chi connectivity index (χ2v) is 5.23. The lowest BCUT2D eigenvalue weighted by atomic mass is 10.2. The lowest BCUT2D eigenvalue weighted by Gasteiger charge is -2.21. The molecule has 1 aliphatic heterocycles. The third-order valence-electron chi connectivity index (χ3n) is 3.21. The van der Waals surface area contributed by atoms with Gasteiger partial charge in [-0.25, -0.2) is 0 Å². The minimum Gasteiger partial charge on any atom is -0.455 e. The van der Waals surface area contributed by atoms with Gasteiger partial charge < -0.3 is 23.5 Å². The highest BCUT2D eigenvalue weighted by atomic mass is 16.7. The molecule has 2 rings (SSSR count). The molecular weight excluding hydrogens is 322 g/mol. The van der Waals surface area contributed by atoms with Gasteiger partial charge in [0, 0.05) is 19.9 Å². The summed E-state index contributed by atoms with van der Waals surface area (Å²) in [6.45, 7) is 4.25. The Bertz CT molecular complexity index is 610. The van der Waals surface area contributed by atoms with Gasteiger partial charge in [0.25, 0.3) is 0 Å². The molecule has 0 radical (unpaired) electrons. The molecule has 0 bridgehead atoms. The molecule has 2 heterocycles. The summed E-state index contributed by atoms with van der Waals surface area (Å²) in [6, 6.07) is 1.66. The SMILES string of the molecule is CCc1cc(CC(=O)O[C@@H]2CO[C@@H](OC(C)=O)[C@@H]2OC(C)=O)on1. The molecule has 9 heteroatoms. The van der Waals surface area contributed by atoms with Gasteiger partial charge in [-0.3, -0.25) is 14.4 Å². The van der Waals surface area contributed by atoms with Gasteiger partial charge >= 0.3 is 17.9 Å². The maximum absolute atomic E-state index is 12.0. The van der Waals surface area contributed by atoms with Crippen molar-refractivity contribution in [2.75, 3.05) is 6.61 Å². The van der Waals surface area contributed by atoms with Crippen molar-refractivity contribution in [1.29, 1.82) is 0 Å². The molecule has 1 aromatic rings. The van der Waals surface area contributed by atoms with E-state index in [0.717, 1.165) is 5.69 Å². The van der Waals surface area contributed by atoms with Crippen LogP contribution < -0.4 is 0 Å². The largest absolute Gasteiger partial charge is 0.455 e. The molecule has 1 aliphatic rings. The van der Waals surface area contributed by atoms with Crippen molar-refractivity contribution < 1.29 is 37.9 Å². The van der Waals surface area contributed by atoms with Crippen LogP contribution in [0.3, 0.4) is 0 Å². The Labute approximate surface area is 138 Å². The minimum absolute atomic E-state index is 0.0573. The molecule has 0 saturated carbocycles. The predicted molar refractivity (Wildman–Crippen MR) is 76.5 cm³/mol. The van der Waals surface area contributed by atoms with Crippen molar-refractivity contribution in [1.82, 2.24) is 5.16 Å². The standard InChI is InChI=1S/C15H19NO8/c1-4-10-5-11(24-16-10)6-13(19)23-12-7-20-15(22-9(3)18)14(12)21-8(2)17/h5,12,14-15H,4,6-7H2,1-3H3/t12-,14-,15+/m1/s1. The first-order valence-electron chi connectivity index (χ1n) is 7.49. The van der Waals surface area contributed by atoms with E-state index in [1.165, 1.54) is 13.8 Å². The van der Waals surface area contributed by atoms with E-state index in [1.54, 1.807) is 6.07 Å². The van der Waals surface area contributed by atoms with Gasteiger partial charge in [-0.1, -0.05) is 12.1 Å². The zero-order chi connectivity index (χ0) is 17.7. The molecule has 0 aliphatic carbocycles. The second kappa shape index (κ2) is 7.91. The van der Waals surface area contributed by atoms with E-state index in [1.807, 2.05) is 6.92 Å². The van der Waals surface area contributed by atoms with E-state index in [4.69, 9.17) is 23.5 Å². The van der Waals surface area contributed by atoms with Gasteiger partial charge in [-0.15, -0.1) is 0 Å². The number of aromatic nitrogens is 1. The normalized spacial score (nSPS) is 22.9. The van der Waals surface area contributed by atoms with Crippen molar-refractivity contribution in [3.05, 3.63) is 17.5 Å². The van der Waals surface area contributed by atoms with Crippen molar-refractivity contribution in [2.24, 2.45) is 0 Å². The molecule has 24 heavy (non-hydrogen) atoms. The molecule has 9 nitrogen and oxygen atoms in total. The van der Waals surface area contributed by atoms with Gasteiger partial charge in [-0.2, -0.15) is 0 Å². The second-order valence-electron chi connectivity index (χ2n) is 5.23. The summed E-state index contributed by atoms with van der Waals surface area (Å²) in [6.07, 6.45) is -2.43. The average Bonchev–Trinajstić information content (AvgIpc) is 3.07. The van der Waals surface area contributed by atoms with Gasteiger partial charge in [0.2, 0.25) is 12.4 Å². The van der Waals surface area contributed by atoms with Crippen molar-refractivity contribution in [3.63, 3.8) is 0 Å². The average molecular weight is 341 g/mol. The maximum atomic E-state index is 12.0. The predicted octanol–water partition coefficient (Wildman–Crippen LogP) is 0.542. The summed E-state index contributed by atoms with van der Waals surface area (Å²) in [4.78, 5) is 34.3.